The smallest absolute Gasteiger partial charge is 0.410 e. The molecule has 2 unspecified atom stereocenters. The number of carbonyl (C=O) groups is 1. The molecule has 0 aromatic heterocycles. The molecular weight excluding hydrogens is 154 g/mol. The average molecular weight is 171 g/mol. The standard InChI is InChI=1S/C9H17NO2/c1-4-5-6-8-7(2)12-9(11)10(8)3/h7-8H,4-6H2,1-3H3. The molecule has 0 bridgehead atoms. The highest BCUT2D eigenvalue weighted by Gasteiger charge is 2.35. The van der Waals surface area contributed by atoms with Crippen LogP contribution in [0, 0.1) is 0 Å². The number of nitrogens with zero attached hydrogens (tertiary/aromatic N) is 1. The Bertz CT molecular complexity index is 170. The van der Waals surface area contributed by atoms with Gasteiger partial charge in [0.05, 0.1) is 6.04 Å². The second kappa shape index (κ2) is 3.78. The van der Waals surface area contributed by atoms with Gasteiger partial charge in [0.1, 0.15) is 6.10 Å². The lowest BCUT2D eigenvalue weighted by molar-refractivity contribution is 0.137. The third-order valence-corrected chi connectivity index (χ3v) is 2.47. The molecule has 3 heteroatoms. The minimum absolute atomic E-state index is 0.0639. The highest BCUT2D eigenvalue weighted by Crippen LogP contribution is 2.21. The predicted octanol–water partition coefficient (Wildman–Crippen LogP) is 2.02. The van der Waals surface area contributed by atoms with Crippen LogP contribution in [0.5, 0.6) is 0 Å². The molecule has 1 aliphatic heterocycles. The number of carbonyl (C=O) groups excluding carboxylic acids is 1. The Morgan fingerprint density at radius 1 is 1.58 bits per heavy atom. The topological polar surface area (TPSA) is 29.5 Å². The molecule has 12 heavy (non-hydrogen) atoms. The first-order valence-electron chi connectivity index (χ1n) is 4.60. The molecule has 0 aromatic carbocycles. The van der Waals surface area contributed by atoms with E-state index in [2.05, 4.69) is 6.92 Å². The minimum Gasteiger partial charge on any atom is -0.444 e. The molecule has 1 amide bonds. The molecule has 1 rings (SSSR count). The summed E-state index contributed by atoms with van der Waals surface area (Å²) >= 11 is 0. The second-order valence-corrected chi connectivity index (χ2v) is 3.41. The molecule has 3 nitrogen and oxygen atoms in total. The number of amides is 1. The molecule has 0 saturated carbocycles. The van der Waals surface area contributed by atoms with Gasteiger partial charge in [0.25, 0.3) is 0 Å². The number of hydrogen-bond acceptors (Lipinski definition) is 2. The summed E-state index contributed by atoms with van der Waals surface area (Å²) in [4.78, 5) is 12.8. The van der Waals surface area contributed by atoms with Crippen LogP contribution in [-0.2, 0) is 4.74 Å². The van der Waals surface area contributed by atoms with Crippen LogP contribution >= 0.6 is 0 Å². The molecule has 0 spiro atoms. The zero-order chi connectivity index (χ0) is 9.14. The van der Waals surface area contributed by atoms with Gasteiger partial charge < -0.3 is 9.64 Å². The highest BCUT2D eigenvalue weighted by molar-refractivity contribution is 5.70. The fourth-order valence-electron chi connectivity index (χ4n) is 1.61. The Labute approximate surface area is 73.7 Å². The summed E-state index contributed by atoms with van der Waals surface area (Å²) in [6.07, 6.45) is 3.28. The zero-order valence-corrected chi connectivity index (χ0v) is 8.04. The van der Waals surface area contributed by atoms with E-state index in [1.807, 2.05) is 14.0 Å². The van der Waals surface area contributed by atoms with Crippen LogP contribution in [0.15, 0.2) is 0 Å². The summed E-state index contributed by atoms with van der Waals surface area (Å²) in [6.45, 7) is 4.12. The van der Waals surface area contributed by atoms with E-state index < -0.39 is 0 Å². The van der Waals surface area contributed by atoms with Crippen molar-refractivity contribution in [2.24, 2.45) is 0 Å². The van der Waals surface area contributed by atoms with Gasteiger partial charge in [0.2, 0.25) is 0 Å². The first-order chi connectivity index (χ1) is 5.66. The van der Waals surface area contributed by atoms with Gasteiger partial charge in [-0.3, -0.25) is 0 Å². The maximum atomic E-state index is 11.1. The molecular formula is C9H17NO2. The van der Waals surface area contributed by atoms with Gasteiger partial charge in [-0.15, -0.1) is 0 Å². The average Bonchev–Trinajstić information content (AvgIpc) is 2.25. The Balaban J connectivity index is 2.45. The van der Waals surface area contributed by atoms with E-state index in [0.717, 1.165) is 12.8 Å². The Morgan fingerprint density at radius 3 is 2.67 bits per heavy atom. The molecule has 0 radical (unpaired) electrons. The molecule has 0 aromatic rings. The van der Waals surface area contributed by atoms with Crippen molar-refractivity contribution in [1.82, 2.24) is 4.90 Å². The third-order valence-electron chi connectivity index (χ3n) is 2.47. The van der Waals surface area contributed by atoms with Crippen LogP contribution in [0.1, 0.15) is 33.1 Å². The van der Waals surface area contributed by atoms with Crippen LogP contribution in [0.3, 0.4) is 0 Å². The van der Waals surface area contributed by atoms with Gasteiger partial charge in [0, 0.05) is 7.05 Å². The van der Waals surface area contributed by atoms with Crippen molar-refractivity contribution in [1.29, 1.82) is 0 Å². The van der Waals surface area contributed by atoms with Crippen molar-refractivity contribution < 1.29 is 9.53 Å². The van der Waals surface area contributed by atoms with Crippen LogP contribution in [0.25, 0.3) is 0 Å². The van der Waals surface area contributed by atoms with E-state index in [1.54, 1.807) is 4.90 Å². The Hall–Kier alpha value is -0.730. The van der Waals surface area contributed by atoms with Gasteiger partial charge in [0.15, 0.2) is 0 Å². The maximum absolute atomic E-state index is 11.1. The Morgan fingerprint density at radius 2 is 2.25 bits per heavy atom. The molecule has 2 atom stereocenters. The lowest BCUT2D eigenvalue weighted by atomic mass is 10.1. The molecule has 0 aliphatic carbocycles. The van der Waals surface area contributed by atoms with Crippen molar-refractivity contribution in [3.8, 4) is 0 Å². The summed E-state index contributed by atoms with van der Waals surface area (Å²) in [5.41, 5.74) is 0. The SMILES string of the molecule is CCCCC1C(C)OC(=O)N1C. The van der Waals surface area contributed by atoms with E-state index in [-0.39, 0.29) is 18.2 Å². The number of cyclic esters (lactones) is 1. The highest BCUT2D eigenvalue weighted by atomic mass is 16.6. The van der Waals surface area contributed by atoms with E-state index in [1.165, 1.54) is 6.42 Å². The number of ether oxygens (including phenoxy) is 1. The molecule has 1 saturated heterocycles. The van der Waals surface area contributed by atoms with Gasteiger partial charge in [-0.1, -0.05) is 19.8 Å². The fourth-order valence-corrected chi connectivity index (χ4v) is 1.61. The van der Waals surface area contributed by atoms with Crippen molar-refractivity contribution in [2.75, 3.05) is 7.05 Å². The van der Waals surface area contributed by atoms with Crippen molar-refractivity contribution in [2.45, 2.75) is 45.3 Å². The first-order valence-corrected chi connectivity index (χ1v) is 4.60. The van der Waals surface area contributed by atoms with Gasteiger partial charge in [-0.25, -0.2) is 4.79 Å². The molecule has 70 valence electrons. The maximum Gasteiger partial charge on any atom is 0.410 e. The van der Waals surface area contributed by atoms with Gasteiger partial charge >= 0.3 is 6.09 Å². The monoisotopic (exact) mass is 171 g/mol. The van der Waals surface area contributed by atoms with Gasteiger partial charge in [-0.2, -0.15) is 0 Å². The minimum atomic E-state index is -0.177. The summed E-state index contributed by atoms with van der Waals surface area (Å²) in [7, 11) is 1.81. The van der Waals surface area contributed by atoms with E-state index in [0.29, 0.717) is 0 Å². The second-order valence-electron chi connectivity index (χ2n) is 3.41. The van der Waals surface area contributed by atoms with Crippen LogP contribution in [0.4, 0.5) is 4.79 Å². The summed E-state index contributed by atoms with van der Waals surface area (Å²) < 4.78 is 5.07. The zero-order valence-electron chi connectivity index (χ0n) is 8.04. The summed E-state index contributed by atoms with van der Waals surface area (Å²) in [6, 6.07) is 0.289. The lowest BCUT2D eigenvalue weighted by Crippen LogP contribution is -2.32. The number of likely N-dealkylation sites (N-methyl/N-ethyl adjacent to an activating group) is 1. The quantitative estimate of drug-likeness (QED) is 0.650. The fraction of sp³-hybridized carbons (Fsp3) is 0.889. The summed E-state index contributed by atoms with van der Waals surface area (Å²) in [5, 5.41) is 0. The molecule has 0 N–H and O–H groups in total. The van der Waals surface area contributed by atoms with E-state index in [4.69, 9.17) is 4.74 Å². The van der Waals surface area contributed by atoms with Crippen LogP contribution in [0.2, 0.25) is 0 Å². The number of rotatable bonds is 3. The van der Waals surface area contributed by atoms with Crippen molar-refractivity contribution in [3.63, 3.8) is 0 Å². The van der Waals surface area contributed by atoms with E-state index >= 15 is 0 Å². The predicted molar refractivity (Wildman–Crippen MR) is 47.0 cm³/mol. The van der Waals surface area contributed by atoms with Crippen LogP contribution < -0.4 is 0 Å². The number of unbranched alkanes of at least 4 members (excludes halogenated alkanes) is 1. The van der Waals surface area contributed by atoms with Gasteiger partial charge in [-0.05, 0) is 13.3 Å². The van der Waals surface area contributed by atoms with E-state index in [9.17, 15) is 4.79 Å². The Kier molecular flexibility index (Phi) is 2.95. The van der Waals surface area contributed by atoms with Crippen LogP contribution in [-0.4, -0.2) is 30.2 Å². The summed E-state index contributed by atoms with van der Waals surface area (Å²) in [5.74, 6) is 0. The number of hydrogen-bond donors (Lipinski definition) is 0. The third kappa shape index (κ3) is 1.71. The molecule has 1 aliphatic rings. The molecule has 1 fully saturated rings. The lowest BCUT2D eigenvalue weighted by Gasteiger charge is -2.18. The first kappa shape index (κ1) is 9.36. The van der Waals surface area contributed by atoms with Crippen molar-refractivity contribution in [3.05, 3.63) is 0 Å². The largest absolute Gasteiger partial charge is 0.444 e. The molecule has 1 heterocycles. The normalized spacial score (nSPS) is 29.2. The van der Waals surface area contributed by atoms with Crippen molar-refractivity contribution >= 4 is 6.09 Å².